The van der Waals surface area contributed by atoms with E-state index < -0.39 is 0 Å². The van der Waals surface area contributed by atoms with E-state index in [1.54, 1.807) is 0 Å². The Balaban J connectivity index is 3.77. The summed E-state index contributed by atoms with van der Waals surface area (Å²) in [5.41, 5.74) is 6.69. The lowest BCUT2D eigenvalue weighted by molar-refractivity contribution is 0.179. The lowest BCUT2D eigenvalue weighted by Crippen LogP contribution is -2.43. The third-order valence-electron chi connectivity index (χ3n) is 9.17. The van der Waals surface area contributed by atoms with Crippen LogP contribution in [-0.2, 0) is 0 Å². The first-order valence-corrected chi connectivity index (χ1v) is 19.3. The van der Waals surface area contributed by atoms with Crippen LogP contribution in [0.25, 0.3) is 0 Å². The summed E-state index contributed by atoms with van der Waals surface area (Å²) in [5.74, 6) is 0. The second-order valence-electron chi connectivity index (χ2n) is 13.3. The largest absolute Gasteiger partial charge is 0.316 e. The molecule has 0 aliphatic carbocycles. The quantitative estimate of drug-likeness (QED) is 0.0612. The van der Waals surface area contributed by atoms with Gasteiger partial charge in [-0.05, 0) is 32.4 Å². The second kappa shape index (κ2) is 35.1. The van der Waals surface area contributed by atoms with Gasteiger partial charge in [0.05, 0.1) is 6.17 Å². The van der Waals surface area contributed by atoms with Gasteiger partial charge in [0.1, 0.15) is 0 Å². The first kappa shape index (κ1) is 39.9. The highest BCUT2D eigenvalue weighted by Crippen LogP contribution is 2.16. The average molecular weight is 565 g/mol. The van der Waals surface area contributed by atoms with Crippen LogP contribution in [0.1, 0.15) is 226 Å². The molecular formula is C38H80N2. The molecule has 0 amide bonds. The van der Waals surface area contributed by atoms with Crippen LogP contribution in [0, 0.1) is 0 Å². The van der Waals surface area contributed by atoms with E-state index in [1.807, 2.05) is 0 Å². The van der Waals surface area contributed by atoms with Gasteiger partial charge >= 0.3 is 0 Å². The molecule has 0 rings (SSSR count). The fourth-order valence-corrected chi connectivity index (χ4v) is 6.25. The molecule has 1 unspecified atom stereocenters. The highest BCUT2D eigenvalue weighted by Gasteiger charge is 2.13. The highest BCUT2D eigenvalue weighted by atomic mass is 15.2. The summed E-state index contributed by atoms with van der Waals surface area (Å²) in [4.78, 5) is 2.65. The molecule has 0 aliphatic heterocycles. The smallest absolute Gasteiger partial charge is 0.0571 e. The van der Waals surface area contributed by atoms with Gasteiger partial charge in [0, 0.05) is 0 Å². The zero-order valence-electron chi connectivity index (χ0n) is 28.6. The van der Waals surface area contributed by atoms with Crippen LogP contribution in [0.15, 0.2) is 0 Å². The van der Waals surface area contributed by atoms with Crippen molar-refractivity contribution in [1.29, 1.82) is 0 Å². The van der Waals surface area contributed by atoms with Gasteiger partial charge in [0.15, 0.2) is 0 Å². The number of hydrogen-bond donors (Lipinski definition) is 1. The van der Waals surface area contributed by atoms with Gasteiger partial charge in [-0.2, -0.15) is 0 Å². The van der Waals surface area contributed by atoms with E-state index in [-0.39, 0.29) is 6.17 Å². The summed E-state index contributed by atoms with van der Waals surface area (Å²) < 4.78 is 0. The number of nitrogens with zero attached hydrogens (tertiary/aromatic N) is 1. The Morgan fingerprint density at radius 1 is 0.325 bits per heavy atom. The molecule has 0 aliphatic rings. The minimum atomic E-state index is 0.287. The van der Waals surface area contributed by atoms with Crippen molar-refractivity contribution >= 4 is 0 Å². The van der Waals surface area contributed by atoms with E-state index in [2.05, 4.69) is 25.7 Å². The molecule has 40 heavy (non-hydrogen) atoms. The summed E-state index contributed by atoms with van der Waals surface area (Å²) in [6, 6.07) is 0. The minimum absolute atomic E-state index is 0.287. The summed E-state index contributed by atoms with van der Waals surface area (Å²) in [5, 5.41) is 0. The molecule has 0 aromatic rings. The number of rotatable bonds is 35. The van der Waals surface area contributed by atoms with Crippen molar-refractivity contribution in [2.45, 2.75) is 232 Å². The van der Waals surface area contributed by atoms with Crippen LogP contribution < -0.4 is 5.73 Å². The summed E-state index contributed by atoms with van der Waals surface area (Å²) in [7, 11) is 0. The third kappa shape index (κ3) is 30.9. The molecule has 0 saturated carbocycles. The van der Waals surface area contributed by atoms with Crippen molar-refractivity contribution in [3.8, 4) is 0 Å². The van der Waals surface area contributed by atoms with Crippen molar-refractivity contribution in [3.63, 3.8) is 0 Å². The van der Waals surface area contributed by atoms with E-state index in [0.717, 1.165) is 0 Å². The Morgan fingerprint density at radius 2 is 0.550 bits per heavy atom. The van der Waals surface area contributed by atoms with Gasteiger partial charge in [0.2, 0.25) is 0 Å². The number of nitrogens with two attached hydrogens (primary N) is 1. The summed E-state index contributed by atoms with van der Waals surface area (Å²) in [6.07, 6.45) is 45.6. The molecule has 2 nitrogen and oxygen atoms in total. The van der Waals surface area contributed by atoms with Crippen LogP contribution >= 0.6 is 0 Å². The van der Waals surface area contributed by atoms with E-state index in [9.17, 15) is 0 Å². The molecule has 0 aromatic carbocycles. The summed E-state index contributed by atoms with van der Waals surface area (Å²) >= 11 is 0. The molecule has 0 bridgehead atoms. The predicted octanol–water partition coefficient (Wildman–Crippen LogP) is 13.1. The van der Waals surface area contributed by atoms with Crippen LogP contribution in [0.5, 0.6) is 0 Å². The van der Waals surface area contributed by atoms with Gasteiger partial charge in [-0.25, -0.2) is 0 Å². The molecule has 0 fully saturated rings. The molecule has 2 heteroatoms. The maximum atomic E-state index is 6.69. The standard InChI is InChI=1S/C38H80N2/c1-4-7-10-12-14-16-18-20-22-24-26-28-30-33-36-40(38(39)35-32-9-6-3)37-34-31-29-27-25-23-21-19-17-15-13-11-8-5-2/h38H,4-37,39H2,1-3H3. The van der Waals surface area contributed by atoms with Crippen LogP contribution in [-0.4, -0.2) is 24.2 Å². The van der Waals surface area contributed by atoms with Crippen LogP contribution in [0.3, 0.4) is 0 Å². The molecule has 0 heterocycles. The molecule has 2 N–H and O–H groups in total. The van der Waals surface area contributed by atoms with Crippen LogP contribution in [0.4, 0.5) is 0 Å². The van der Waals surface area contributed by atoms with E-state index in [4.69, 9.17) is 5.73 Å². The van der Waals surface area contributed by atoms with Crippen molar-refractivity contribution < 1.29 is 0 Å². The van der Waals surface area contributed by atoms with Gasteiger partial charge in [-0.1, -0.05) is 207 Å². The van der Waals surface area contributed by atoms with Crippen LogP contribution in [0.2, 0.25) is 0 Å². The van der Waals surface area contributed by atoms with Gasteiger partial charge in [0.25, 0.3) is 0 Å². The van der Waals surface area contributed by atoms with Gasteiger partial charge in [-0.15, -0.1) is 0 Å². The molecule has 1 atom stereocenters. The lowest BCUT2D eigenvalue weighted by atomic mass is 10.0. The van der Waals surface area contributed by atoms with Crippen molar-refractivity contribution in [1.82, 2.24) is 4.90 Å². The van der Waals surface area contributed by atoms with Gasteiger partial charge in [-0.3, -0.25) is 4.90 Å². The number of unbranched alkanes of at least 4 members (excludes halogenated alkanes) is 28. The third-order valence-corrected chi connectivity index (χ3v) is 9.17. The monoisotopic (exact) mass is 565 g/mol. The SMILES string of the molecule is CCCCCCCCCCCCCCCCN(CCCCCCCCCCCCCCCC)C(N)CCCCC. The first-order chi connectivity index (χ1) is 19.8. The zero-order valence-corrected chi connectivity index (χ0v) is 28.6. The molecule has 0 aromatic heterocycles. The predicted molar refractivity (Wildman–Crippen MR) is 184 cm³/mol. The highest BCUT2D eigenvalue weighted by molar-refractivity contribution is 4.67. The molecule has 0 saturated heterocycles. The Hall–Kier alpha value is -0.0800. The minimum Gasteiger partial charge on any atom is -0.316 e. The maximum absolute atomic E-state index is 6.69. The second-order valence-corrected chi connectivity index (χ2v) is 13.3. The maximum Gasteiger partial charge on any atom is 0.0571 e. The molecule has 242 valence electrons. The topological polar surface area (TPSA) is 29.3 Å². The van der Waals surface area contributed by atoms with Gasteiger partial charge < -0.3 is 5.73 Å². The van der Waals surface area contributed by atoms with Crippen molar-refractivity contribution in [2.75, 3.05) is 13.1 Å². The van der Waals surface area contributed by atoms with E-state index in [0.29, 0.717) is 0 Å². The first-order valence-electron chi connectivity index (χ1n) is 19.3. The van der Waals surface area contributed by atoms with Crippen molar-refractivity contribution in [2.24, 2.45) is 5.73 Å². The lowest BCUT2D eigenvalue weighted by Gasteiger charge is -2.29. The Morgan fingerprint density at radius 3 is 0.825 bits per heavy atom. The normalized spacial score (nSPS) is 12.5. The fourth-order valence-electron chi connectivity index (χ4n) is 6.25. The molecular weight excluding hydrogens is 484 g/mol. The zero-order chi connectivity index (χ0) is 29.2. The number of hydrogen-bond acceptors (Lipinski definition) is 2. The Labute approximate surface area is 255 Å². The molecule has 0 spiro atoms. The van der Waals surface area contributed by atoms with E-state index in [1.165, 1.54) is 219 Å². The fraction of sp³-hybridized carbons (Fsp3) is 1.00. The Kier molecular flexibility index (Phi) is 35.0. The average Bonchev–Trinajstić information content (AvgIpc) is 2.96. The summed E-state index contributed by atoms with van der Waals surface area (Å²) in [6.45, 7) is 9.36. The Bertz CT molecular complexity index is 405. The van der Waals surface area contributed by atoms with E-state index >= 15 is 0 Å². The molecule has 0 radical (unpaired) electrons. The van der Waals surface area contributed by atoms with Crippen molar-refractivity contribution in [3.05, 3.63) is 0 Å².